The Balaban J connectivity index is 0.00000261. The Bertz CT molecular complexity index is 833. The first-order valence-electron chi connectivity index (χ1n) is 8.07. The van der Waals surface area contributed by atoms with Crippen LogP contribution < -0.4 is 4.90 Å². The van der Waals surface area contributed by atoms with Crippen molar-refractivity contribution in [1.29, 1.82) is 0 Å². The Labute approximate surface area is 185 Å². The lowest BCUT2D eigenvalue weighted by molar-refractivity contribution is -0.386. The lowest BCUT2D eigenvalue weighted by atomic mass is 10.1. The van der Waals surface area contributed by atoms with Crippen LogP contribution in [0.3, 0.4) is 0 Å². The Kier molecular flexibility index (Phi) is 10.7. The van der Waals surface area contributed by atoms with E-state index in [1.165, 1.54) is 0 Å². The van der Waals surface area contributed by atoms with Crippen molar-refractivity contribution in [2.75, 3.05) is 37.6 Å². The molecule has 1 aromatic heterocycles. The molecule has 0 radical (unpaired) electrons. The average Bonchev–Trinajstić information content (AvgIpc) is 2.65. The summed E-state index contributed by atoms with van der Waals surface area (Å²) in [6.07, 6.45) is 1.73. The van der Waals surface area contributed by atoms with Crippen LogP contribution in [0.25, 0.3) is 0 Å². The number of piperazine rings is 1. The Hall–Kier alpha value is -2.33. The van der Waals surface area contributed by atoms with Gasteiger partial charge >= 0.3 is 5.69 Å². The highest BCUT2D eigenvalue weighted by atomic mass is 35.5. The molecule has 1 fully saturated rings. The number of hydrogen-bond donors (Lipinski definition) is 2. The second-order valence-electron chi connectivity index (χ2n) is 5.99. The zero-order valence-electron chi connectivity index (χ0n) is 15.1. The number of phenolic OH excluding ortho intramolecular Hbond substituents is 2. The number of phenols is 2. The van der Waals surface area contributed by atoms with Crippen LogP contribution in [0.15, 0.2) is 36.5 Å². The molecule has 29 heavy (non-hydrogen) atoms. The molecular formula is C17H21Cl3N4O5. The fourth-order valence-corrected chi connectivity index (χ4v) is 2.87. The minimum Gasteiger partial charge on any atom is -0.504 e. The van der Waals surface area contributed by atoms with E-state index >= 15 is 0 Å². The molecule has 2 heterocycles. The van der Waals surface area contributed by atoms with Crippen molar-refractivity contribution in [3.63, 3.8) is 0 Å². The zero-order chi connectivity index (χ0) is 18.7. The van der Waals surface area contributed by atoms with Crippen molar-refractivity contribution in [2.45, 2.75) is 0 Å². The molecule has 1 aromatic carbocycles. The normalized spacial score (nSPS) is 13.4. The fourth-order valence-electron chi connectivity index (χ4n) is 2.87. The molecule has 0 atom stereocenters. The van der Waals surface area contributed by atoms with Gasteiger partial charge < -0.3 is 15.1 Å². The van der Waals surface area contributed by atoms with Gasteiger partial charge in [-0.15, -0.1) is 37.2 Å². The van der Waals surface area contributed by atoms with Crippen LogP contribution in [0, 0.1) is 10.1 Å². The van der Waals surface area contributed by atoms with Gasteiger partial charge in [0.15, 0.2) is 11.5 Å². The number of halogens is 3. The summed E-state index contributed by atoms with van der Waals surface area (Å²) in [6, 6.07) is 7.74. The lowest BCUT2D eigenvalue weighted by Crippen LogP contribution is -2.48. The number of nitro benzene ring substituents is 1. The number of ketones is 1. The number of aromatic nitrogens is 1. The van der Waals surface area contributed by atoms with Crippen LogP contribution in [-0.4, -0.2) is 63.5 Å². The number of nitrogens with zero attached hydrogens (tertiary/aromatic N) is 4. The molecule has 12 heteroatoms. The Morgan fingerprint density at radius 2 is 1.76 bits per heavy atom. The fraction of sp³-hybridized carbons (Fsp3) is 0.294. The van der Waals surface area contributed by atoms with Crippen LogP contribution in [0.5, 0.6) is 11.5 Å². The third kappa shape index (κ3) is 6.33. The molecule has 0 saturated carbocycles. The molecule has 0 amide bonds. The van der Waals surface area contributed by atoms with Gasteiger partial charge in [-0.25, -0.2) is 4.98 Å². The van der Waals surface area contributed by atoms with Crippen LogP contribution in [0.1, 0.15) is 10.4 Å². The molecule has 1 aliphatic heterocycles. The number of rotatable bonds is 5. The Morgan fingerprint density at radius 3 is 2.31 bits per heavy atom. The third-order valence-electron chi connectivity index (χ3n) is 4.30. The SMILES string of the molecule is Cl.Cl.Cl.O=C(CN1CCN(c2ccccn2)CC1)c1cc(O)c(O)c([N+](=O)[O-])c1. The van der Waals surface area contributed by atoms with Gasteiger partial charge in [0.05, 0.1) is 11.5 Å². The maximum Gasteiger partial charge on any atom is 0.315 e. The second kappa shape index (κ2) is 11.6. The van der Waals surface area contributed by atoms with Crippen LogP contribution in [0.2, 0.25) is 0 Å². The van der Waals surface area contributed by atoms with E-state index in [1.807, 2.05) is 23.1 Å². The van der Waals surface area contributed by atoms with Crippen molar-refractivity contribution in [2.24, 2.45) is 0 Å². The molecule has 1 saturated heterocycles. The average molecular weight is 468 g/mol. The summed E-state index contributed by atoms with van der Waals surface area (Å²) in [5.74, 6) is -0.981. The maximum atomic E-state index is 12.4. The first kappa shape index (κ1) is 26.7. The van der Waals surface area contributed by atoms with Crippen molar-refractivity contribution in [3.8, 4) is 11.5 Å². The Morgan fingerprint density at radius 1 is 1.10 bits per heavy atom. The zero-order valence-corrected chi connectivity index (χ0v) is 17.6. The summed E-state index contributed by atoms with van der Waals surface area (Å²) >= 11 is 0. The van der Waals surface area contributed by atoms with Crippen molar-refractivity contribution in [3.05, 3.63) is 52.2 Å². The number of nitro groups is 1. The topological polar surface area (TPSA) is 120 Å². The van der Waals surface area contributed by atoms with E-state index in [2.05, 4.69) is 9.88 Å². The van der Waals surface area contributed by atoms with Gasteiger partial charge in [0, 0.05) is 44.0 Å². The standard InChI is InChI=1S/C17H18N4O5.3ClH/c22-14-10-12(9-13(17(14)24)21(25)26)15(23)11-19-5-7-20(8-6-19)16-3-1-2-4-18-16;;;/h1-4,9-10,22,24H,5-8,11H2;3*1H. The molecule has 160 valence electrons. The van der Waals surface area contributed by atoms with Gasteiger partial charge in [-0.2, -0.15) is 0 Å². The van der Waals surface area contributed by atoms with Gasteiger partial charge in [0.1, 0.15) is 5.82 Å². The highest BCUT2D eigenvalue weighted by Gasteiger charge is 2.24. The molecule has 1 aliphatic rings. The van der Waals surface area contributed by atoms with E-state index in [9.17, 15) is 25.1 Å². The second-order valence-corrected chi connectivity index (χ2v) is 5.99. The molecule has 0 spiro atoms. The minimum absolute atomic E-state index is 0. The predicted octanol–water partition coefficient (Wildman–Crippen LogP) is 2.67. The van der Waals surface area contributed by atoms with E-state index in [-0.39, 0.29) is 55.1 Å². The highest BCUT2D eigenvalue weighted by molar-refractivity contribution is 5.99. The highest BCUT2D eigenvalue weighted by Crippen LogP contribution is 2.36. The summed E-state index contributed by atoms with van der Waals surface area (Å²) in [5, 5.41) is 30.0. The van der Waals surface area contributed by atoms with Gasteiger partial charge in [-0.3, -0.25) is 19.8 Å². The lowest BCUT2D eigenvalue weighted by Gasteiger charge is -2.35. The van der Waals surface area contributed by atoms with Crippen molar-refractivity contribution in [1.82, 2.24) is 9.88 Å². The number of carbonyl (C=O) groups excluding carboxylic acids is 1. The summed E-state index contributed by atoms with van der Waals surface area (Å²) in [5.41, 5.74) is -0.688. The monoisotopic (exact) mass is 466 g/mol. The predicted molar refractivity (Wildman–Crippen MR) is 115 cm³/mol. The molecule has 2 aromatic rings. The number of hydrogen-bond acceptors (Lipinski definition) is 8. The number of benzene rings is 1. The summed E-state index contributed by atoms with van der Waals surface area (Å²) in [6.45, 7) is 2.80. The van der Waals surface area contributed by atoms with Crippen molar-refractivity contribution >= 4 is 54.5 Å². The van der Waals surface area contributed by atoms with Gasteiger partial charge in [0.25, 0.3) is 0 Å². The largest absolute Gasteiger partial charge is 0.504 e. The molecule has 0 unspecified atom stereocenters. The van der Waals surface area contributed by atoms with Crippen molar-refractivity contribution < 1.29 is 19.9 Å². The molecule has 3 rings (SSSR count). The van der Waals surface area contributed by atoms with Gasteiger partial charge in [-0.1, -0.05) is 6.07 Å². The number of carbonyl (C=O) groups is 1. The quantitative estimate of drug-likeness (QED) is 0.298. The summed E-state index contributed by atoms with van der Waals surface area (Å²) < 4.78 is 0. The number of aromatic hydroxyl groups is 2. The van der Waals surface area contributed by atoms with Crippen LogP contribution >= 0.6 is 37.2 Å². The summed E-state index contributed by atoms with van der Waals surface area (Å²) in [4.78, 5) is 30.9. The number of pyridine rings is 1. The minimum atomic E-state index is -0.837. The first-order valence-corrected chi connectivity index (χ1v) is 8.07. The first-order chi connectivity index (χ1) is 12.5. The van der Waals surface area contributed by atoms with E-state index in [4.69, 9.17) is 0 Å². The van der Waals surface area contributed by atoms with Crippen LogP contribution in [-0.2, 0) is 0 Å². The smallest absolute Gasteiger partial charge is 0.315 e. The molecular weight excluding hydrogens is 447 g/mol. The van der Waals surface area contributed by atoms with Crippen LogP contribution in [0.4, 0.5) is 11.5 Å². The molecule has 9 nitrogen and oxygen atoms in total. The van der Waals surface area contributed by atoms with E-state index in [1.54, 1.807) is 6.20 Å². The van der Waals surface area contributed by atoms with E-state index in [0.29, 0.717) is 26.2 Å². The molecule has 2 N–H and O–H groups in total. The van der Waals surface area contributed by atoms with Gasteiger partial charge in [-0.05, 0) is 18.2 Å². The van der Waals surface area contributed by atoms with E-state index in [0.717, 1.165) is 18.0 Å². The maximum absolute atomic E-state index is 12.4. The van der Waals surface area contributed by atoms with Gasteiger partial charge in [0.2, 0.25) is 5.75 Å². The third-order valence-corrected chi connectivity index (χ3v) is 4.30. The molecule has 0 aliphatic carbocycles. The summed E-state index contributed by atoms with van der Waals surface area (Å²) in [7, 11) is 0. The van der Waals surface area contributed by atoms with E-state index < -0.39 is 22.1 Å². The molecule has 0 bridgehead atoms. The number of anilines is 1. The number of Topliss-reactive ketones (excluding diaryl/α,β-unsaturated/α-hetero) is 1.